The maximum Gasteiger partial charge on any atom is 0.0151 e. The third-order valence-corrected chi connectivity index (χ3v) is 2.73. The Morgan fingerprint density at radius 2 is 2.00 bits per heavy atom. The van der Waals surface area contributed by atoms with Crippen molar-refractivity contribution in [2.75, 3.05) is 0 Å². The first-order chi connectivity index (χ1) is 4.13. The molecule has 0 aromatic carbocycles. The summed E-state index contributed by atoms with van der Waals surface area (Å²) in [4.78, 5) is 0. The minimum absolute atomic E-state index is 0. The molecule has 1 saturated carbocycles. The minimum atomic E-state index is 0. The van der Waals surface area contributed by atoms with Gasteiger partial charge in [0.15, 0.2) is 0 Å². The Bertz CT molecular complexity index is 101. The summed E-state index contributed by atoms with van der Waals surface area (Å²) in [5.74, 6) is 0.728. The fourth-order valence-electron chi connectivity index (χ4n) is 1.53. The largest absolute Gasteiger partial charge is 0.325 e. The van der Waals surface area contributed by atoms with Crippen molar-refractivity contribution >= 4 is 17.0 Å². The molecule has 1 fully saturated rings. The highest BCUT2D eigenvalue weighted by Gasteiger charge is 2.28. The molecule has 0 aliphatic heterocycles. The van der Waals surface area contributed by atoms with Gasteiger partial charge in [-0.1, -0.05) is 19.8 Å². The number of rotatable bonds is 0. The van der Waals surface area contributed by atoms with E-state index in [9.17, 15) is 0 Å². The van der Waals surface area contributed by atoms with Gasteiger partial charge in [0.05, 0.1) is 0 Å². The van der Waals surface area contributed by atoms with E-state index in [1.54, 1.807) is 0 Å². The lowest BCUT2D eigenvalue weighted by Crippen LogP contribution is -2.44. The van der Waals surface area contributed by atoms with Crippen LogP contribution in [0.15, 0.2) is 0 Å². The van der Waals surface area contributed by atoms with Crippen LogP contribution in [0.1, 0.15) is 39.5 Å². The molecule has 0 bridgehead atoms. The fraction of sp³-hybridized carbons (Fsp3) is 1.00. The van der Waals surface area contributed by atoms with Crippen molar-refractivity contribution in [3.05, 3.63) is 0 Å². The van der Waals surface area contributed by atoms with E-state index >= 15 is 0 Å². The fourth-order valence-corrected chi connectivity index (χ4v) is 1.53. The number of hydrogen-bond donors (Lipinski definition) is 1. The van der Waals surface area contributed by atoms with Crippen molar-refractivity contribution in [2.24, 2.45) is 11.7 Å². The van der Waals surface area contributed by atoms with Gasteiger partial charge in [0.1, 0.15) is 0 Å². The lowest BCUT2D eigenvalue weighted by Gasteiger charge is -2.35. The van der Waals surface area contributed by atoms with Crippen molar-refractivity contribution in [3.63, 3.8) is 0 Å². The van der Waals surface area contributed by atoms with E-state index in [4.69, 9.17) is 5.73 Å². The third kappa shape index (κ3) is 2.24. The lowest BCUT2D eigenvalue weighted by atomic mass is 9.76. The van der Waals surface area contributed by atoms with Crippen LogP contribution < -0.4 is 5.73 Å². The first-order valence-electron chi connectivity index (χ1n) is 3.92. The van der Waals surface area contributed by atoms with E-state index < -0.39 is 0 Å². The molecule has 0 saturated heterocycles. The maximum atomic E-state index is 6.02. The first kappa shape index (κ1) is 10.4. The summed E-state index contributed by atoms with van der Waals surface area (Å²) in [6, 6.07) is 0. The second-order valence-corrected chi connectivity index (χ2v) is 3.65. The van der Waals surface area contributed by atoms with E-state index in [0.717, 1.165) is 5.92 Å². The minimum Gasteiger partial charge on any atom is -0.325 e. The van der Waals surface area contributed by atoms with Crippen LogP contribution in [0.25, 0.3) is 0 Å². The van der Waals surface area contributed by atoms with Crippen molar-refractivity contribution in [1.29, 1.82) is 0 Å². The third-order valence-electron chi connectivity index (χ3n) is 2.73. The number of nitrogens with two attached hydrogens (primary N) is 1. The summed E-state index contributed by atoms with van der Waals surface area (Å²) in [6.45, 7) is 4.44. The van der Waals surface area contributed by atoms with Gasteiger partial charge in [-0.05, 0) is 25.7 Å². The van der Waals surface area contributed by atoms with Crippen LogP contribution >= 0.6 is 17.0 Å². The van der Waals surface area contributed by atoms with Gasteiger partial charge in [-0.15, -0.1) is 17.0 Å². The molecule has 62 valence electrons. The molecule has 2 unspecified atom stereocenters. The molecule has 10 heavy (non-hydrogen) atoms. The molecule has 0 heterocycles. The van der Waals surface area contributed by atoms with Gasteiger partial charge in [0.25, 0.3) is 0 Å². The summed E-state index contributed by atoms with van der Waals surface area (Å²) < 4.78 is 0. The molecule has 1 rings (SSSR count). The molecule has 0 aromatic heterocycles. The predicted molar refractivity (Wildman–Crippen MR) is 50.5 cm³/mol. The Balaban J connectivity index is 0.000000810. The van der Waals surface area contributed by atoms with Crippen molar-refractivity contribution in [2.45, 2.75) is 45.1 Å². The predicted octanol–water partition coefficient (Wildman–Crippen LogP) is 2.49. The van der Waals surface area contributed by atoms with Crippen LogP contribution in [0, 0.1) is 5.92 Å². The molecule has 2 atom stereocenters. The van der Waals surface area contributed by atoms with E-state index in [1.807, 2.05) is 0 Å². The zero-order valence-electron chi connectivity index (χ0n) is 6.89. The molecule has 0 radical (unpaired) electrons. The van der Waals surface area contributed by atoms with Crippen LogP contribution in [0.5, 0.6) is 0 Å². The van der Waals surface area contributed by atoms with Crippen LogP contribution in [0.4, 0.5) is 0 Å². The van der Waals surface area contributed by atoms with E-state index in [0.29, 0.717) is 0 Å². The Morgan fingerprint density at radius 1 is 1.40 bits per heavy atom. The summed E-state index contributed by atoms with van der Waals surface area (Å²) in [6.07, 6.45) is 5.26. The normalized spacial score (nSPS) is 40.5. The van der Waals surface area contributed by atoms with Gasteiger partial charge in [-0.25, -0.2) is 0 Å². The van der Waals surface area contributed by atoms with Gasteiger partial charge in [0.2, 0.25) is 0 Å². The molecule has 1 aliphatic carbocycles. The number of halogens is 1. The second kappa shape index (κ2) is 3.72. The van der Waals surface area contributed by atoms with Crippen LogP contribution in [0.2, 0.25) is 0 Å². The van der Waals surface area contributed by atoms with Gasteiger partial charge >= 0.3 is 0 Å². The van der Waals surface area contributed by atoms with Crippen molar-refractivity contribution in [1.82, 2.24) is 0 Å². The maximum absolute atomic E-state index is 6.02. The second-order valence-electron chi connectivity index (χ2n) is 3.65. The Hall–Kier alpha value is 0.440. The highest BCUT2D eigenvalue weighted by Crippen LogP contribution is 2.30. The zero-order valence-corrected chi connectivity index (χ0v) is 8.60. The smallest absolute Gasteiger partial charge is 0.0151 e. The Kier molecular flexibility index (Phi) is 3.89. The molecule has 1 aliphatic rings. The zero-order chi connectivity index (χ0) is 6.91. The lowest BCUT2D eigenvalue weighted by molar-refractivity contribution is 0.226. The SMILES string of the molecule is Br.CC1CCCCC1(C)N. The Labute approximate surface area is 74.1 Å². The molecule has 0 aromatic rings. The van der Waals surface area contributed by atoms with E-state index in [-0.39, 0.29) is 22.5 Å². The van der Waals surface area contributed by atoms with Gasteiger partial charge in [-0.2, -0.15) is 0 Å². The molecule has 0 spiro atoms. The summed E-state index contributed by atoms with van der Waals surface area (Å²) >= 11 is 0. The first-order valence-corrected chi connectivity index (χ1v) is 3.92. The summed E-state index contributed by atoms with van der Waals surface area (Å²) in [7, 11) is 0. The topological polar surface area (TPSA) is 26.0 Å². The molecule has 2 N–H and O–H groups in total. The summed E-state index contributed by atoms with van der Waals surface area (Å²) in [5, 5.41) is 0. The van der Waals surface area contributed by atoms with E-state index in [2.05, 4.69) is 13.8 Å². The van der Waals surface area contributed by atoms with Crippen molar-refractivity contribution in [3.8, 4) is 0 Å². The highest BCUT2D eigenvalue weighted by atomic mass is 79.9. The summed E-state index contributed by atoms with van der Waals surface area (Å²) in [5.41, 5.74) is 6.16. The van der Waals surface area contributed by atoms with Gasteiger partial charge in [-0.3, -0.25) is 0 Å². The van der Waals surface area contributed by atoms with Crippen molar-refractivity contribution < 1.29 is 0 Å². The standard InChI is InChI=1S/C8H17N.BrH/c1-7-5-3-4-6-8(7,2)9;/h7H,3-6,9H2,1-2H3;1H. The molecular formula is C8H18BrN. The monoisotopic (exact) mass is 207 g/mol. The average Bonchev–Trinajstić information content (AvgIpc) is 1.77. The average molecular weight is 208 g/mol. The van der Waals surface area contributed by atoms with Crippen LogP contribution in [-0.4, -0.2) is 5.54 Å². The molecule has 1 nitrogen and oxygen atoms in total. The van der Waals surface area contributed by atoms with Gasteiger partial charge < -0.3 is 5.73 Å². The van der Waals surface area contributed by atoms with Gasteiger partial charge in [0, 0.05) is 5.54 Å². The number of hydrogen-bond acceptors (Lipinski definition) is 1. The van der Waals surface area contributed by atoms with E-state index in [1.165, 1.54) is 25.7 Å². The van der Waals surface area contributed by atoms with Crippen LogP contribution in [0.3, 0.4) is 0 Å². The highest BCUT2D eigenvalue weighted by molar-refractivity contribution is 8.93. The molecule has 2 heteroatoms. The molecule has 0 amide bonds. The Morgan fingerprint density at radius 3 is 2.30 bits per heavy atom. The van der Waals surface area contributed by atoms with Crippen LogP contribution in [-0.2, 0) is 0 Å². The molecular weight excluding hydrogens is 190 g/mol. The quantitative estimate of drug-likeness (QED) is 0.650.